The average Bonchev–Trinajstić information content (AvgIpc) is 3.29. The molecule has 40 heavy (non-hydrogen) atoms. The van der Waals surface area contributed by atoms with Crippen LogP contribution in [-0.2, 0) is 29.5 Å². The summed E-state index contributed by atoms with van der Waals surface area (Å²) >= 11 is 0. The normalized spacial score (nSPS) is 11.9. The fourth-order valence-electron chi connectivity index (χ4n) is 3.87. The maximum Gasteiger partial charge on any atom is 0.305 e. The predicted molar refractivity (Wildman–Crippen MR) is 147 cm³/mol. The molecular formula is C28H37N3O8S. The van der Waals surface area contributed by atoms with Crippen LogP contribution in [0.1, 0.15) is 44.0 Å². The van der Waals surface area contributed by atoms with Crippen LogP contribution in [0.5, 0.6) is 11.5 Å². The number of nitrogens with zero attached hydrogens (tertiary/aromatic N) is 3. The van der Waals surface area contributed by atoms with Gasteiger partial charge in [0.25, 0.3) is 0 Å². The number of ether oxygens (including phenoxy) is 4. The third-order valence-corrected chi connectivity index (χ3v) is 7.94. The number of rotatable bonds is 14. The first-order chi connectivity index (χ1) is 18.9. The Kier molecular flexibility index (Phi) is 10.3. The van der Waals surface area contributed by atoms with Gasteiger partial charge in [0.05, 0.1) is 50.5 Å². The summed E-state index contributed by atoms with van der Waals surface area (Å²) in [7, 11) is -2.39. The van der Waals surface area contributed by atoms with E-state index in [1.807, 2.05) is 19.1 Å². The SMILES string of the molecule is COc1cc(OCCOCCOCCC(=O)O)c(C)cc1-n1nnc(S(=O)(=O)c2ccc(C(C)(C)C)cc2)c1C. The van der Waals surface area contributed by atoms with E-state index in [1.54, 1.807) is 31.2 Å². The highest BCUT2D eigenvalue weighted by Gasteiger charge is 2.27. The van der Waals surface area contributed by atoms with E-state index in [4.69, 9.17) is 24.1 Å². The van der Waals surface area contributed by atoms with Crippen molar-refractivity contribution in [1.29, 1.82) is 0 Å². The van der Waals surface area contributed by atoms with Gasteiger partial charge in [-0.1, -0.05) is 38.1 Å². The van der Waals surface area contributed by atoms with Crippen LogP contribution < -0.4 is 9.47 Å². The summed E-state index contributed by atoms with van der Waals surface area (Å²) in [6.07, 6.45) is -0.0447. The molecule has 0 saturated carbocycles. The zero-order valence-corrected chi connectivity index (χ0v) is 24.6. The van der Waals surface area contributed by atoms with Crippen molar-refractivity contribution in [2.45, 2.75) is 56.4 Å². The Morgan fingerprint density at radius 3 is 2.17 bits per heavy atom. The first-order valence-electron chi connectivity index (χ1n) is 12.8. The minimum Gasteiger partial charge on any atom is -0.494 e. The largest absolute Gasteiger partial charge is 0.494 e. The molecule has 3 rings (SSSR count). The van der Waals surface area contributed by atoms with Gasteiger partial charge in [-0.05, 0) is 48.6 Å². The van der Waals surface area contributed by atoms with Crippen LogP contribution in [0.15, 0.2) is 46.3 Å². The lowest BCUT2D eigenvalue weighted by atomic mass is 9.87. The molecule has 0 aliphatic heterocycles. The summed E-state index contributed by atoms with van der Waals surface area (Å²) in [5.41, 5.74) is 2.59. The fourth-order valence-corrected chi connectivity index (χ4v) is 5.21. The Bertz CT molecular complexity index is 1410. The monoisotopic (exact) mass is 575 g/mol. The summed E-state index contributed by atoms with van der Waals surface area (Å²) in [6, 6.07) is 10.3. The van der Waals surface area contributed by atoms with Crippen molar-refractivity contribution >= 4 is 15.8 Å². The van der Waals surface area contributed by atoms with Crippen LogP contribution in [0.2, 0.25) is 0 Å². The van der Waals surface area contributed by atoms with Gasteiger partial charge >= 0.3 is 5.97 Å². The number of benzene rings is 2. The van der Waals surface area contributed by atoms with E-state index in [0.29, 0.717) is 42.7 Å². The van der Waals surface area contributed by atoms with Gasteiger partial charge in [0.2, 0.25) is 14.9 Å². The van der Waals surface area contributed by atoms with Gasteiger partial charge in [0.15, 0.2) is 0 Å². The van der Waals surface area contributed by atoms with E-state index in [2.05, 4.69) is 31.1 Å². The second-order valence-corrected chi connectivity index (χ2v) is 12.0. The molecule has 2 aromatic carbocycles. The molecular weight excluding hydrogens is 538 g/mol. The van der Waals surface area contributed by atoms with Gasteiger partial charge in [-0.15, -0.1) is 5.10 Å². The molecule has 0 aliphatic rings. The van der Waals surface area contributed by atoms with Crippen LogP contribution in [0.25, 0.3) is 5.69 Å². The third kappa shape index (κ3) is 7.58. The molecule has 218 valence electrons. The van der Waals surface area contributed by atoms with Gasteiger partial charge in [0.1, 0.15) is 23.8 Å². The maximum absolute atomic E-state index is 13.4. The number of hydrogen-bond acceptors (Lipinski definition) is 9. The molecule has 0 bridgehead atoms. The number of aliphatic carboxylic acids is 1. The molecule has 0 amide bonds. The van der Waals surface area contributed by atoms with E-state index < -0.39 is 15.8 Å². The van der Waals surface area contributed by atoms with Gasteiger partial charge in [-0.3, -0.25) is 4.79 Å². The number of hydrogen-bond donors (Lipinski definition) is 1. The first-order valence-corrected chi connectivity index (χ1v) is 14.3. The Morgan fingerprint density at radius 2 is 1.57 bits per heavy atom. The van der Waals surface area contributed by atoms with Gasteiger partial charge in [0, 0.05) is 6.07 Å². The van der Waals surface area contributed by atoms with Gasteiger partial charge < -0.3 is 24.1 Å². The molecule has 0 aliphatic carbocycles. The topological polar surface area (TPSA) is 139 Å². The molecule has 3 aromatic rings. The lowest BCUT2D eigenvalue weighted by molar-refractivity contribution is -0.138. The number of carboxylic acids is 1. The number of aryl methyl sites for hydroxylation is 1. The van der Waals surface area contributed by atoms with Crippen molar-refractivity contribution in [3.05, 3.63) is 53.2 Å². The Hall–Kier alpha value is -3.48. The molecule has 0 radical (unpaired) electrons. The van der Waals surface area contributed by atoms with Gasteiger partial charge in [-0.2, -0.15) is 0 Å². The highest BCUT2D eigenvalue weighted by atomic mass is 32.2. The van der Waals surface area contributed by atoms with Crippen molar-refractivity contribution in [1.82, 2.24) is 15.0 Å². The van der Waals surface area contributed by atoms with Crippen molar-refractivity contribution in [3.8, 4) is 17.2 Å². The van der Waals surface area contributed by atoms with Crippen molar-refractivity contribution in [2.24, 2.45) is 0 Å². The molecule has 1 heterocycles. The minimum absolute atomic E-state index is 0.0447. The Balaban J connectivity index is 1.71. The van der Waals surface area contributed by atoms with E-state index in [0.717, 1.165) is 11.1 Å². The van der Waals surface area contributed by atoms with Crippen LogP contribution in [0.3, 0.4) is 0 Å². The van der Waals surface area contributed by atoms with Crippen LogP contribution >= 0.6 is 0 Å². The summed E-state index contributed by atoms with van der Waals surface area (Å²) in [6.45, 7) is 11.1. The summed E-state index contributed by atoms with van der Waals surface area (Å²) in [5.74, 6) is 0.101. The smallest absolute Gasteiger partial charge is 0.305 e. The molecule has 0 atom stereocenters. The van der Waals surface area contributed by atoms with Crippen molar-refractivity contribution in [2.75, 3.05) is 40.1 Å². The van der Waals surface area contributed by atoms with Gasteiger partial charge in [-0.25, -0.2) is 13.1 Å². The highest BCUT2D eigenvalue weighted by Crippen LogP contribution is 2.33. The van der Waals surface area contributed by atoms with E-state index in [-0.39, 0.29) is 35.0 Å². The zero-order chi connectivity index (χ0) is 29.5. The molecule has 0 unspecified atom stereocenters. The van der Waals surface area contributed by atoms with Crippen molar-refractivity contribution in [3.63, 3.8) is 0 Å². The second-order valence-electron chi connectivity index (χ2n) is 10.2. The Morgan fingerprint density at radius 1 is 0.950 bits per heavy atom. The summed E-state index contributed by atoms with van der Waals surface area (Å²) in [4.78, 5) is 10.6. The van der Waals surface area contributed by atoms with Crippen molar-refractivity contribution < 1.29 is 37.3 Å². The predicted octanol–water partition coefficient (Wildman–Crippen LogP) is 3.91. The van der Waals surface area contributed by atoms with Crippen LogP contribution in [-0.4, -0.2) is 74.6 Å². The third-order valence-electron chi connectivity index (χ3n) is 6.16. The molecule has 0 spiro atoms. The summed E-state index contributed by atoms with van der Waals surface area (Å²) < 4.78 is 50.3. The standard InChI is InChI=1S/C28H37N3O8S/c1-19-17-23(25(36-6)18-24(19)39-16-15-38-14-13-37-12-11-26(32)33)31-20(2)27(29-30-31)40(34,35)22-9-7-21(8-10-22)28(3,4)5/h7-10,17-18H,11-16H2,1-6H3,(H,32,33). The fraction of sp³-hybridized carbons (Fsp3) is 0.464. The molecule has 0 saturated heterocycles. The first kappa shape index (κ1) is 31.1. The number of aromatic nitrogens is 3. The average molecular weight is 576 g/mol. The Labute approximate surface area is 234 Å². The molecule has 11 nitrogen and oxygen atoms in total. The highest BCUT2D eigenvalue weighted by molar-refractivity contribution is 7.91. The maximum atomic E-state index is 13.4. The lowest BCUT2D eigenvalue weighted by Gasteiger charge is -2.19. The van der Waals surface area contributed by atoms with E-state index in [9.17, 15) is 13.2 Å². The van der Waals surface area contributed by atoms with Crippen LogP contribution in [0, 0.1) is 13.8 Å². The van der Waals surface area contributed by atoms with Crippen LogP contribution in [0.4, 0.5) is 0 Å². The molecule has 0 fully saturated rings. The number of carbonyl (C=O) groups is 1. The number of methoxy groups -OCH3 is 1. The molecule has 1 N–H and O–H groups in total. The number of carboxylic acid groups (broad SMARTS) is 1. The minimum atomic E-state index is -3.89. The lowest BCUT2D eigenvalue weighted by Crippen LogP contribution is -2.12. The second kappa shape index (κ2) is 13.2. The summed E-state index contributed by atoms with van der Waals surface area (Å²) in [5, 5.41) is 16.6. The molecule has 1 aromatic heterocycles. The zero-order valence-electron chi connectivity index (χ0n) is 23.8. The van der Waals surface area contributed by atoms with E-state index in [1.165, 1.54) is 11.8 Å². The quantitative estimate of drug-likeness (QED) is 0.282. The number of sulfone groups is 1. The van der Waals surface area contributed by atoms with E-state index >= 15 is 0 Å². The molecule has 12 heteroatoms.